The molecule has 0 atom stereocenters. The van der Waals surface area contributed by atoms with Gasteiger partial charge in [0.2, 0.25) is 0 Å². The first-order valence-corrected chi connectivity index (χ1v) is 5.91. The van der Waals surface area contributed by atoms with Crippen molar-refractivity contribution >= 4 is 11.9 Å². The Hall–Kier alpha value is -2.96. The molecular weight excluding hydrogens is 278 g/mol. The molecule has 1 aromatic carbocycles. The van der Waals surface area contributed by atoms with Crippen LogP contribution in [0.4, 0.5) is 0 Å². The maximum Gasteiger partial charge on any atom is 0.359 e. The summed E-state index contributed by atoms with van der Waals surface area (Å²) in [4.78, 5) is 23.7. The number of hydrogen-bond acceptors (Lipinski definition) is 6. The summed E-state index contributed by atoms with van der Waals surface area (Å²) >= 11 is 0. The molecule has 0 saturated heterocycles. The van der Waals surface area contributed by atoms with Crippen LogP contribution in [0.1, 0.15) is 21.0 Å². The quantitative estimate of drug-likeness (QED) is 0.831. The number of aromatic nitrogens is 1. The van der Waals surface area contributed by atoms with E-state index in [4.69, 9.17) is 0 Å². The van der Waals surface area contributed by atoms with E-state index in [1.165, 1.54) is 0 Å². The molecule has 2 N–H and O–H groups in total. The Kier molecular flexibility index (Phi) is 3.84. The lowest BCUT2D eigenvalue weighted by Gasteiger charge is -2.10. The number of esters is 2. The smallest absolute Gasteiger partial charge is 0.359 e. The maximum absolute atomic E-state index is 11.8. The highest BCUT2D eigenvalue weighted by atomic mass is 16.5. The van der Waals surface area contributed by atoms with Crippen LogP contribution in [0, 0.1) is 0 Å². The molecule has 0 radical (unpaired) electrons. The molecule has 0 unspecified atom stereocenters. The molecule has 0 spiro atoms. The maximum atomic E-state index is 11.8. The van der Waals surface area contributed by atoms with E-state index in [0.717, 1.165) is 18.8 Å². The number of rotatable bonds is 3. The number of benzene rings is 1. The van der Waals surface area contributed by atoms with Crippen molar-refractivity contribution in [2.45, 2.75) is 0 Å². The first-order valence-electron chi connectivity index (χ1n) is 5.91. The zero-order valence-corrected chi connectivity index (χ0v) is 11.4. The standard InChI is InChI=1S/C14H13NO6/c1-20-13(18)9-11(16)12(17)10(14(19)21-2)15(9)8-6-4-3-5-7-8/h3-7,16-17H,1-2H3. The Bertz CT molecular complexity index is 650. The van der Waals surface area contributed by atoms with Crippen molar-refractivity contribution in [2.24, 2.45) is 0 Å². The molecule has 7 heteroatoms. The molecule has 1 aromatic heterocycles. The van der Waals surface area contributed by atoms with Gasteiger partial charge in [-0.1, -0.05) is 18.2 Å². The molecule has 2 aromatic rings. The predicted octanol–water partition coefficient (Wildman–Crippen LogP) is 1.46. The molecule has 7 nitrogen and oxygen atoms in total. The third-order valence-electron chi connectivity index (χ3n) is 2.89. The van der Waals surface area contributed by atoms with E-state index in [1.807, 2.05) is 0 Å². The Labute approximate surface area is 120 Å². The number of methoxy groups -OCH3 is 2. The summed E-state index contributed by atoms with van der Waals surface area (Å²) in [5.41, 5.74) is -0.336. The van der Waals surface area contributed by atoms with E-state index in [1.54, 1.807) is 30.3 Å². The van der Waals surface area contributed by atoms with E-state index in [2.05, 4.69) is 9.47 Å². The molecule has 2 rings (SSSR count). The fourth-order valence-corrected chi connectivity index (χ4v) is 1.95. The predicted molar refractivity (Wildman–Crippen MR) is 71.8 cm³/mol. The van der Waals surface area contributed by atoms with Gasteiger partial charge in [0.05, 0.1) is 14.2 Å². The Balaban J connectivity index is 2.84. The molecule has 0 fully saturated rings. The Morgan fingerprint density at radius 1 is 0.905 bits per heavy atom. The van der Waals surface area contributed by atoms with Crippen molar-refractivity contribution in [1.29, 1.82) is 0 Å². The van der Waals surface area contributed by atoms with Crippen LogP contribution in [0.25, 0.3) is 5.69 Å². The zero-order chi connectivity index (χ0) is 15.6. The van der Waals surface area contributed by atoms with Gasteiger partial charge in [0.1, 0.15) is 0 Å². The lowest BCUT2D eigenvalue weighted by molar-refractivity contribution is 0.0582. The van der Waals surface area contributed by atoms with Crippen molar-refractivity contribution in [3.05, 3.63) is 41.7 Å². The van der Waals surface area contributed by atoms with Gasteiger partial charge in [-0.05, 0) is 12.1 Å². The summed E-state index contributed by atoms with van der Waals surface area (Å²) in [5.74, 6) is -3.29. The first kappa shape index (κ1) is 14.4. The van der Waals surface area contributed by atoms with Crippen LogP contribution in [0.5, 0.6) is 11.5 Å². The molecule has 0 aliphatic heterocycles. The Morgan fingerprint density at radius 3 is 1.71 bits per heavy atom. The second-order valence-corrected chi connectivity index (χ2v) is 4.05. The van der Waals surface area contributed by atoms with Gasteiger partial charge in [0, 0.05) is 5.69 Å². The number of para-hydroxylation sites is 1. The van der Waals surface area contributed by atoms with Crippen molar-refractivity contribution in [3.63, 3.8) is 0 Å². The van der Waals surface area contributed by atoms with Crippen LogP contribution in [0.2, 0.25) is 0 Å². The van der Waals surface area contributed by atoms with Gasteiger partial charge in [-0.3, -0.25) is 4.57 Å². The lowest BCUT2D eigenvalue weighted by atomic mass is 10.3. The summed E-state index contributed by atoms with van der Waals surface area (Å²) in [6.45, 7) is 0. The van der Waals surface area contributed by atoms with Crippen LogP contribution in [0.3, 0.4) is 0 Å². The highest BCUT2D eigenvalue weighted by molar-refractivity contribution is 6.00. The van der Waals surface area contributed by atoms with Crippen molar-refractivity contribution in [3.8, 4) is 17.2 Å². The van der Waals surface area contributed by atoms with Crippen LogP contribution in [-0.2, 0) is 9.47 Å². The molecule has 21 heavy (non-hydrogen) atoms. The van der Waals surface area contributed by atoms with Gasteiger partial charge in [0.25, 0.3) is 0 Å². The first-order chi connectivity index (χ1) is 10.0. The largest absolute Gasteiger partial charge is 0.503 e. The van der Waals surface area contributed by atoms with Crippen molar-refractivity contribution < 1.29 is 29.3 Å². The fraction of sp³-hybridized carbons (Fsp3) is 0.143. The third kappa shape index (κ3) is 2.29. The van der Waals surface area contributed by atoms with E-state index < -0.39 is 23.4 Å². The van der Waals surface area contributed by atoms with Crippen LogP contribution >= 0.6 is 0 Å². The average Bonchev–Trinajstić information content (AvgIpc) is 2.79. The number of hydrogen-bond donors (Lipinski definition) is 2. The summed E-state index contributed by atoms with van der Waals surface area (Å²) in [5, 5.41) is 19.9. The SMILES string of the molecule is COC(=O)c1c(O)c(O)c(C(=O)OC)n1-c1ccccc1. The van der Waals surface area contributed by atoms with Gasteiger partial charge >= 0.3 is 11.9 Å². The highest BCUT2D eigenvalue weighted by Gasteiger charge is 2.32. The van der Waals surface area contributed by atoms with Crippen molar-refractivity contribution in [1.82, 2.24) is 4.57 Å². The number of nitrogens with zero attached hydrogens (tertiary/aromatic N) is 1. The van der Waals surface area contributed by atoms with Crippen LogP contribution < -0.4 is 0 Å². The van der Waals surface area contributed by atoms with Crippen LogP contribution in [-0.4, -0.2) is 40.9 Å². The minimum absolute atomic E-state index is 0.360. The fourth-order valence-electron chi connectivity index (χ4n) is 1.95. The molecule has 1 heterocycles. The summed E-state index contributed by atoms with van der Waals surface area (Å²) in [6.07, 6.45) is 0. The van der Waals surface area contributed by atoms with Gasteiger partial charge in [0.15, 0.2) is 22.9 Å². The summed E-state index contributed by atoms with van der Waals surface area (Å²) in [6, 6.07) is 8.27. The monoisotopic (exact) mass is 291 g/mol. The topological polar surface area (TPSA) is 98.0 Å². The third-order valence-corrected chi connectivity index (χ3v) is 2.89. The summed E-state index contributed by atoms with van der Waals surface area (Å²) < 4.78 is 10.2. The lowest BCUT2D eigenvalue weighted by Crippen LogP contribution is -2.15. The van der Waals surface area contributed by atoms with Crippen LogP contribution in [0.15, 0.2) is 30.3 Å². The molecule has 0 bridgehead atoms. The van der Waals surface area contributed by atoms with Gasteiger partial charge in [-0.25, -0.2) is 9.59 Å². The second-order valence-electron chi connectivity index (χ2n) is 4.05. The average molecular weight is 291 g/mol. The second kappa shape index (κ2) is 5.58. The molecule has 0 saturated carbocycles. The van der Waals surface area contributed by atoms with Crippen molar-refractivity contribution in [2.75, 3.05) is 14.2 Å². The van der Waals surface area contributed by atoms with Gasteiger partial charge in [-0.15, -0.1) is 0 Å². The molecule has 0 aliphatic rings. The molecular formula is C14H13NO6. The molecule has 0 amide bonds. The Morgan fingerprint density at radius 2 is 1.33 bits per heavy atom. The molecule has 0 aliphatic carbocycles. The van der Waals surface area contributed by atoms with Gasteiger partial charge in [-0.2, -0.15) is 0 Å². The van der Waals surface area contributed by atoms with E-state index in [-0.39, 0.29) is 11.4 Å². The summed E-state index contributed by atoms with van der Waals surface area (Å²) in [7, 11) is 2.25. The zero-order valence-electron chi connectivity index (χ0n) is 11.4. The van der Waals surface area contributed by atoms with E-state index in [9.17, 15) is 19.8 Å². The number of ether oxygens (including phenoxy) is 2. The normalized spacial score (nSPS) is 10.2. The number of carbonyl (C=O) groups is 2. The van der Waals surface area contributed by atoms with Gasteiger partial charge < -0.3 is 19.7 Å². The number of carbonyl (C=O) groups excluding carboxylic acids is 2. The van der Waals surface area contributed by atoms with E-state index in [0.29, 0.717) is 5.69 Å². The number of aromatic hydroxyl groups is 2. The molecule has 110 valence electrons. The highest BCUT2D eigenvalue weighted by Crippen LogP contribution is 2.38. The minimum atomic E-state index is -0.901. The minimum Gasteiger partial charge on any atom is -0.503 e. The van der Waals surface area contributed by atoms with E-state index >= 15 is 0 Å².